The first-order valence-corrected chi connectivity index (χ1v) is 8.89. The quantitative estimate of drug-likeness (QED) is 0.578. The van der Waals surface area contributed by atoms with Gasteiger partial charge in [0.25, 0.3) is 5.91 Å². The van der Waals surface area contributed by atoms with Gasteiger partial charge in [0.15, 0.2) is 6.61 Å². The van der Waals surface area contributed by atoms with Gasteiger partial charge in [-0.1, -0.05) is 49.4 Å². The van der Waals surface area contributed by atoms with Crippen LogP contribution in [0.25, 0.3) is 0 Å². The Balaban J connectivity index is 1.66. The van der Waals surface area contributed by atoms with Crippen molar-refractivity contribution in [2.45, 2.75) is 17.7 Å². The van der Waals surface area contributed by atoms with E-state index < -0.39 is 5.97 Å². The largest absolute Gasteiger partial charge is 0.455 e. The molecule has 0 spiro atoms. The van der Waals surface area contributed by atoms with E-state index in [0.29, 0.717) is 11.4 Å². The van der Waals surface area contributed by atoms with Crippen LogP contribution in [0.4, 0.5) is 4.39 Å². The number of ether oxygens (including phenoxy) is 1. The number of carbonyl (C=O) groups is 2. The van der Waals surface area contributed by atoms with Crippen LogP contribution < -0.4 is 5.32 Å². The summed E-state index contributed by atoms with van der Waals surface area (Å²) in [4.78, 5) is 23.8. The molecule has 132 valence electrons. The molecule has 0 fully saturated rings. The van der Waals surface area contributed by atoms with E-state index in [1.807, 2.05) is 37.3 Å². The van der Waals surface area contributed by atoms with Crippen molar-refractivity contribution in [2.75, 3.05) is 18.9 Å². The lowest BCUT2D eigenvalue weighted by atomic mass is 10.0. The summed E-state index contributed by atoms with van der Waals surface area (Å²) in [6, 6.07) is 16.0. The Hall–Kier alpha value is -2.34. The first kappa shape index (κ1) is 19.0. The van der Waals surface area contributed by atoms with Crippen molar-refractivity contribution in [3.63, 3.8) is 0 Å². The highest BCUT2D eigenvalue weighted by atomic mass is 32.2. The van der Waals surface area contributed by atoms with Crippen molar-refractivity contribution < 1.29 is 18.7 Å². The molecular formula is C19H20FNO3S. The Bertz CT molecular complexity index is 709. The summed E-state index contributed by atoms with van der Waals surface area (Å²) in [6.07, 6.45) is 0. The van der Waals surface area contributed by atoms with Crippen molar-refractivity contribution >= 4 is 23.6 Å². The summed E-state index contributed by atoms with van der Waals surface area (Å²) in [6.45, 7) is 2.13. The predicted molar refractivity (Wildman–Crippen MR) is 95.9 cm³/mol. The van der Waals surface area contributed by atoms with Gasteiger partial charge < -0.3 is 10.1 Å². The molecule has 0 saturated carbocycles. The monoisotopic (exact) mass is 361 g/mol. The minimum absolute atomic E-state index is 0.0470. The highest BCUT2D eigenvalue weighted by molar-refractivity contribution is 8.00. The Kier molecular flexibility index (Phi) is 7.47. The second-order valence-electron chi connectivity index (χ2n) is 5.50. The molecule has 0 saturated heterocycles. The summed E-state index contributed by atoms with van der Waals surface area (Å²) >= 11 is 1.04. The fourth-order valence-corrected chi connectivity index (χ4v) is 2.84. The molecule has 0 bridgehead atoms. The topological polar surface area (TPSA) is 55.4 Å². The number of carbonyl (C=O) groups excluding carboxylic acids is 2. The van der Waals surface area contributed by atoms with Gasteiger partial charge in [-0.15, -0.1) is 11.8 Å². The average molecular weight is 361 g/mol. The third-order valence-corrected chi connectivity index (χ3v) is 4.54. The van der Waals surface area contributed by atoms with Gasteiger partial charge in [0, 0.05) is 11.4 Å². The number of rotatable bonds is 8. The summed E-state index contributed by atoms with van der Waals surface area (Å²) in [5, 5.41) is 2.74. The maximum absolute atomic E-state index is 13.4. The van der Waals surface area contributed by atoms with E-state index in [1.54, 1.807) is 18.2 Å². The minimum atomic E-state index is -0.556. The average Bonchev–Trinajstić information content (AvgIpc) is 2.64. The van der Waals surface area contributed by atoms with E-state index >= 15 is 0 Å². The normalized spacial score (nSPS) is 11.6. The second kappa shape index (κ2) is 9.84. The lowest BCUT2D eigenvalue weighted by molar-refractivity contribution is -0.145. The molecule has 0 heterocycles. The van der Waals surface area contributed by atoms with Crippen LogP contribution in [-0.2, 0) is 14.3 Å². The third-order valence-electron chi connectivity index (χ3n) is 3.52. The zero-order chi connectivity index (χ0) is 18.1. The molecule has 6 heteroatoms. The number of hydrogen-bond donors (Lipinski definition) is 1. The maximum Gasteiger partial charge on any atom is 0.316 e. The smallest absolute Gasteiger partial charge is 0.316 e. The first-order chi connectivity index (χ1) is 12.1. The highest BCUT2D eigenvalue weighted by Gasteiger charge is 2.11. The molecule has 0 aliphatic heterocycles. The number of amides is 1. The Morgan fingerprint density at radius 2 is 1.80 bits per heavy atom. The molecule has 4 nitrogen and oxygen atoms in total. The number of thioether (sulfide) groups is 1. The van der Waals surface area contributed by atoms with E-state index in [1.165, 1.54) is 6.07 Å². The standard InChI is InChI=1S/C19H20FNO3S/c1-14(15-7-3-2-4-8-15)11-21-18(22)12-24-19(23)13-25-17-10-6-5-9-16(17)20/h2-10,14H,11-13H2,1H3,(H,21,22)/t14-/m0/s1. The van der Waals surface area contributed by atoms with Crippen molar-refractivity contribution in [1.29, 1.82) is 0 Å². The summed E-state index contributed by atoms with van der Waals surface area (Å²) in [5.41, 5.74) is 1.13. The van der Waals surface area contributed by atoms with Gasteiger partial charge in [-0.2, -0.15) is 0 Å². The van der Waals surface area contributed by atoms with Crippen LogP contribution in [-0.4, -0.2) is 30.8 Å². The van der Waals surface area contributed by atoms with E-state index in [9.17, 15) is 14.0 Å². The molecule has 2 rings (SSSR count). The molecule has 2 aromatic rings. The summed E-state index contributed by atoms with van der Waals surface area (Å²) in [5.74, 6) is -1.17. The molecular weight excluding hydrogens is 341 g/mol. The fraction of sp³-hybridized carbons (Fsp3) is 0.263. The Labute approximate surface area is 150 Å². The summed E-state index contributed by atoms with van der Waals surface area (Å²) in [7, 11) is 0. The molecule has 1 N–H and O–H groups in total. The molecule has 0 unspecified atom stereocenters. The van der Waals surface area contributed by atoms with Crippen LogP contribution >= 0.6 is 11.8 Å². The third kappa shape index (κ3) is 6.58. The Morgan fingerprint density at radius 1 is 1.12 bits per heavy atom. The van der Waals surface area contributed by atoms with E-state index in [-0.39, 0.29) is 30.0 Å². The maximum atomic E-state index is 13.4. The van der Waals surface area contributed by atoms with E-state index in [4.69, 9.17) is 4.74 Å². The van der Waals surface area contributed by atoms with Crippen LogP contribution in [0.5, 0.6) is 0 Å². The van der Waals surface area contributed by atoms with Crippen molar-refractivity contribution in [1.82, 2.24) is 5.32 Å². The summed E-state index contributed by atoms with van der Waals surface area (Å²) < 4.78 is 18.3. The first-order valence-electron chi connectivity index (χ1n) is 7.91. The van der Waals surface area contributed by atoms with E-state index in [0.717, 1.165) is 17.3 Å². The van der Waals surface area contributed by atoms with Gasteiger partial charge in [-0.05, 0) is 23.6 Å². The zero-order valence-electron chi connectivity index (χ0n) is 13.9. The molecule has 0 aliphatic carbocycles. The zero-order valence-corrected chi connectivity index (χ0v) is 14.7. The van der Waals surface area contributed by atoms with Gasteiger partial charge in [-0.25, -0.2) is 4.39 Å². The van der Waals surface area contributed by atoms with Crippen LogP contribution in [0.15, 0.2) is 59.5 Å². The highest BCUT2D eigenvalue weighted by Crippen LogP contribution is 2.21. The van der Waals surface area contributed by atoms with Gasteiger partial charge >= 0.3 is 5.97 Å². The number of benzene rings is 2. The van der Waals surface area contributed by atoms with Crippen LogP contribution in [0.3, 0.4) is 0 Å². The van der Waals surface area contributed by atoms with Crippen LogP contribution in [0, 0.1) is 5.82 Å². The lowest BCUT2D eigenvalue weighted by Crippen LogP contribution is -2.31. The van der Waals surface area contributed by atoms with Crippen LogP contribution in [0.2, 0.25) is 0 Å². The number of esters is 1. The molecule has 1 amide bonds. The molecule has 0 aliphatic rings. The van der Waals surface area contributed by atoms with Gasteiger partial charge in [0.2, 0.25) is 0 Å². The molecule has 2 aromatic carbocycles. The fourth-order valence-electron chi connectivity index (χ4n) is 2.10. The Morgan fingerprint density at radius 3 is 2.52 bits per heavy atom. The molecule has 0 aromatic heterocycles. The van der Waals surface area contributed by atoms with Crippen LogP contribution in [0.1, 0.15) is 18.4 Å². The number of halogens is 1. The van der Waals surface area contributed by atoms with Crippen molar-refractivity contribution in [3.05, 3.63) is 66.0 Å². The molecule has 25 heavy (non-hydrogen) atoms. The lowest BCUT2D eigenvalue weighted by Gasteiger charge is -2.13. The number of nitrogens with one attached hydrogen (secondary N) is 1. The van der Waals surface area contributed by atoms with Crippen molar-refractivity contribution in [3.8, 4) is 0 Å². The number of hydrogen-bond acceptors (Lipinski definition) is 4. The van der Waals surface area contributed by atoms with Gasteiger partial charge in [0.05, 0.1) is 5.75 Å². The predicted octanol–water partition coefficient (Wildman–Crippen LogP) is 3.38. The SMILES string of the molecule is C[C@@H](CNC(=O)COC(=O)CSc1ccccc1F)c1ccccc1. The second-order valence-corrected chi connectivity index (χ2v) is 6.51. The van der Waals surface area contributed by atoms with Gasteiger partial charge in [0.1, 0.15) is 5.82 Å². The van der Waals surface area contributed by atoms with Gasteiger partial charge in [-0.3, -0.25) is 9.59 Å². The minimum Gasteiger partial charge on any atom is -0.455 e. The van der Waals surface area contributed by atoms with Crippen molar-refractivity contribution in [2.24, 2.45) is 0 Å². The van der Waals surface area contributed by atoms with E-state index in [2.05, 4.69) is 5.32 Å². The molecule has 0 radical (unpaired) electrons. The molecule has 1 atom stereocenters.